The van der Waals surface area contributed by atoms with Gasteiger partial charge in [0.25, 0.3) is 0 Å². The van der Waals surface area contributed by atoms with E-state index in [2.05, 4.69) is 10.8 Å². The maximum atomic E-state index is 11.7. The first-order valence-electron chi connectivity index (χ1n) is 4.99. The molecule has 94 valence electrons. The van der Waals surface area contributed by atoms with Crippen LogP contribution in [0.4, 0.5) is 0 Å². The number of hydrogen-bond donors (Lipinski definition) is 3. The molecule has 0 unspecified atom stereocenters. The van der Waals surface area contributed by atoms with Crippen LogP contribution >= 0.6 is 22.2 Å². The van der Waals surface area contributed by atoms with Crippen molar-refractivity contribution in [2.45, 2.75) is 4.21 Å². The van der Waals surface area contributed by atoms with Crippen LogP contribution in [0.15, 0.2) is 51.1 Å². The second kappa shape index (κ2) is 5.24. The molecule has 1 aromatic heterocycles. The average Bonchev–Trinajstić information content (AvgIpc) is 2.99. The number of carbonyl (C=O) groups excluding carboxylic acids is 1. The second-order valence-corrected chi connectivity index (χ2v) is 6.71. The largest absolute Gasteiger partial charge is 0.502 e. The van der Waals surface area contributed by atoms with Crippen LogP contribution in [0.1, 0.15) is 9.67 Å². The highest BCUT2D eigenvalue weighted by molar-refractivity contribution is 8.23. The predicted octanol–water partition coefficient (Wildman–Crippen LogP) is 2.86. The normalized spacial score (nSPS) is 16.2. The number of ketones is 1. The Morgan fingerprint density at radius 2 is 1.83 bits per heavy atom. The molecule has 4 nitrogen and oxygen atoms in total. The van der Waals surface area contributed by atoms with Gasteiger partial charge in [-0.3, -0.25) is 4.79 Å². The summed E-state index contributed by atoms with van der Waals surface area (Å²) in [7, 11) is -0.471. The van der Waals surface area contributed by atoms with E-state index < -0.39 is 28.4 Å². The van der Waals surface area contributed by atoms with Crippen molar-refractivity contribution < 1.29 is 19.8 Å². The lowest BCUT2D eigenvalue weighted by Gasteiger charge is -2.04. The fraction of sp³-hybridized carbons (Fsp3) is 0. The van der Waals surface area contributed by atoms with E-state index >= 15 is 0 Å². The molecule has 6 heteroatoms. The number of carboxylic acids is 1. The minimum atomic E-state index is -1.51. The van der Waals surface area contributed by atoms with Crippen molar-refractivity contribution in [3.63, 3.8) is 0 Å². The topological polar surface area (TPSA) is 74.6 Å². The van der Waals surface area contributed by atoms with Crippen LogP contribution in [0, 0.1) is 0 Å². The fourth-order valence-electron chi connectivity index (χ4n) is 1.34. The summed E-state index contributed by atoms with van der Waals surface area (Å²) in [6.45, 7) is 0. The fourth-order valence-corrected chi connectivity index (χ4v) is 4.29. The third-order valence-corrected chi connectivity index (χ3v) is 5.63. The smallest absolute Gasteiger partial charge is 0.371 e. The van der Waals surface area contributed by atoms with E-state index in [1.165, 1.54) is 11.3 Å². The molecule has 2 N–H and O–H groups in total. The summed E-state index contributed by atoms with van der Waals surface area (Å²) in [6.07, 6.45) is 4.65. The molecule has 1 aliphatic rings. The van der Waals surface area contributed by atoms with E-state index in [9.17, 15) is 9.59 Å². The Hall–Kier alpha value is -1.79. The molecular formula is C12H10O4S2. The summed E-state index contributed by atoms with van der Waals surface area (Å²) in [6, 6.07) is 3.51. The Morgan fingerprint density at radius 1 is 1.17 bits per heavy atom. The summed E-state index contributed by atoms with van der Waals surface area (Å²) in [5.74, 6) is -2.94. The number of aliphatic hydroxyl groups is 1. The van der Waals surface area contributed by atoms with E-state index in [-0.39, 0.29) is 0 Å². The Balaban J connectivity index is 2.17. The first-order chi connectivity index (χ1) is 8.58. The van der Waals surface area contributed by atoms with E-state index in [1.807, 2.05) is 18.2 Å². The molecule has 2 heterocycles. The molecule has 0 saturated heterocycles. The molecule has 0 atom stereocenters. The van der Waals surface area contributed by atoms with Gasteiger partial charge in [0.2, 0.25) is 5.76 Å². The lowest BCUT2D eigenvalue weighted by molar-refractivity contribution is -0.135. The molecule has 0 radical (unpaired) electrons. The van der Waals surface area contributed by atoms with Gasteiger partial charge in [-0.25, -0.2) is 4.79 Å². The molecular weight excluding hydrogens is 272 g/mol. The molecule has 0 bridgehead atoms. The minimum absolute atomic E-state index is 0.425. The van der Waals surface area contributed by atoms with Gasteiger partial charge in [-0.2, -0.15) is 10.9 Å². The molecule has 0 spiro atoms. The van der Waals surface area contributed by atoms with E-state index in [0.29, 0.717) is 4.88 Å². The van der Waals surface area contributed by atoms with Crippen LogP contribution in [0.3, 0.4) is 0 Å². The number of allylic oxidation sites excluding steroid dienone is 3. The summed E-state index contributed by atoms with van der Waals surface area (Å²) in [4.78, 5) is 22.5. The van der Waals surface area contributed by atoms with Crippen molar-refractivity contribution in [2.75, 3.05) is 0 Å². The van der Waals surface area contributed by atoms with Crippen molar-refractivity contribution in [3.8, 4) is 0 Å². The molecule has 0 fully saturated rings. The van der Waals surface area contributed by atoms with Gasteiger partial charge in [-0.1, -0.05) is 12.2 Å². The number of rotatable bonds is 4. The Kier molecular flexibility index (Phi) is 3.69. The monoisotopic (exact) mass is 282 g/mol. The van der Waals surface area contributed by atoms with Crippen LogP contribution in [0.25, 0.3) is 0 Å². The van der Waals surface area contributed by atoms with Gasteiger partial charge in [0.15, 0.2) is 5.78 Å². The van der Waals surface area contributed by atoms with Crippen LogP contribution < -0.4 is 0 Å². The molecule has 1 aliphatic heterocycles. The molecule has 0 saturated carbocycles. The number of hydrogen-bond acceptors (Lipinski definition) is 4. The molecule has 0 amide bonds. The van der Waals surface area contributed by atoms with Gasteiger partial charge in [-0.05, 0) is 22.9 Å². The number of thiol groups is 1. The summed E-state index contributed by atoms with van der Waals surface area (Å²) < 4.78 is 1.07. The summed E-state index contributed by atoms with van der Waals surface area (Å²) >= 11 is 1.32. The van der Waals surface area contributed by atoms with Crippen molar-refractivity contribution in [3.05, 3.63) is 51.8 Å². The zero-order chi connectivity index (χ0) is 13.1. The van der Waals surface area contributed by atoms with E-state index in [4.69, 9.17) is 10.2 Å². The number of thiophene rings is 1. The number of aliphatic hydroxyl groups excluding tert-OH is 1. The highest BCUT2D eigenvalue weighted by Gasteiger charge is 2.13. The van der Waals surface area contributed by atoms with Crippen molar-refractivity contribution in [2.24, 2.45) is 0 Å². The number of carboxylic acid groups (broad SMARTS) is 1. The maximum absolute atomic E-state index is 11.7. The van der Waals surface area contributed by atoms with Gasteiger partial charge in [0, 0.05) is 10.3 Å². The first-order valence-corrected chi connectivity index (χ1v) is 7.29. The quantitative estimate of drug-likeness (QED) is 0.343. The molecule has 0 aromatic carbocycles. The second-order valence-electron chi connectivity index (χ2n) is 3.43. The molecule has 1 aromatic rings. The summed E-state index contributed by atoms with van der Waals surface area (Å²) in [5, 5.41) is 21.6. The van der Waals surface area contributed by atoms with Gasteiger partial charge >= 0.3 is 5.97 Å². The number of carbonyl (C=O) groups is 2. The standard InChI is InChI=1S/C12H10O4S2/c13-8(7-9(14)12(15)16)10-3-4-11(17-10)18-5-1-2-6-18/h1-7,14,18H,(H,15,16). The van der Waals surface area contributed by atoms with Crippen molar-refractivity contribution in [1.29, 1.82) is 0 Å². The van der Waals surface area contributed by atoms with Gasteiger partial charge in [0.05, 0.1) is 4.88 Å². The molecule has 0 aliphatic carbocycles. The van der Waals surface area contributed by atoms with Gasteiger partial charge in [0.1, 0.15) is 0 Å². The Bertz CT molecular complexity index is 569. The predicted molar refractivity (Wildman–Crippen MR) is 72.5 cm³/mol. The molecule has 2 rings (SSSR count). The first kappa shape index (κ1) is 12.7. The van der Waals surface area contributed by atoms with Crippen molar-refractivity contribution >= 4 is 34.0 Å². The number of aliphatic carboxylic acids is 1. The van der Waals surface area contributed by atoms with Crippen LogP contribution in [0.2, 0.25) is 0 Å². The zero-order valence-corrected chi connectivity index (χ0v) is 10.8. The minimum Gasteiger partial charge on any atom is -0.502 e. The summed E-state index contributed by atoms with van der Waals surface area (Å²) in [5.41, 5.74) is 0. The third kappa shape index (κ3) is 2.72. The Morgan fingerprint density at radius 3 is 2.44 bits per heavy atom. The van der Waals surface area contributed by atoms with Crippen molar-refractivity contribution in [1.82, 2.24) is 0 Å². The van der Waals surface area contributed by atoms with Crippen LogP contribution in [-0.2, 0) is 4.79 Å². The Labute approximate surface area is 110 Å². The molecule has 18 heavy (non-hydrogen) atoms. The van der Waals surface area contributed by atoms with Gasteiger partial charge < -0.3 is 10.2 Å². The maximum Gasteiger partial charge on any atom is 0.371 e. The highest BCUT2D eigenvalue weighted by atomic mass is 32.2. The lowest BCUT2D eigenvalue weighted by Crippen LogP contribution is -2.02. The third-order valence-electron chi connectivity index (χ3n) is 2.18. The zero-order valence-electron chi connectivity index (χ0n) is 9.11. The van der Waals surface area contributed by atoms with E-state index in [0.717, 1.165) is 10.3 Å². The van der Waals surface area contributed by atoms with Crippen LogP contribution in [0.5, 0.6) is 0 Å². The highest BCUT2D eigenvalue weighted by Crippen LogP contribution is 2.45. The SMILES string of the molecule is O=C(O)C(O)=CC(=O)c1ccc([SH]2C=CC=C2)s1. The van der Waals surface area contributed by atoms with E-state index in [1.54, 1.807) is 6.07 Å². The average molecular weight is 282 g/mol. The van der Waals surface area contributed by atoms with Crippen LogP contribution in [-0.4, -0.2) is 22.0 Å². The van der Waals surface area contributed by atoms with Gasteiger partial charge in [-0.15, -0.1) is 11.3 Å². The lowest BCUT2D eigenvalue weighted by atomic mass is 10.3.